The number of rotatable bonds is 12. The molecule has 1 aliphatic carbocycles. The van der Waals surface area contributed by atoms with Crippen LogP contribution in [0.3, 0.4) is 0 Å². The molecule has 3 rings (SSSR count). The van der Waals surface area contributed by atoms with E-state index in [1.807, 2.05) is 61.6 Å². The van der Waals surface area contributed by atoms with Crippen LogP contribution in [0, 0.1) is 0 Å². The molecule has 35 heavy (non-hydrogen) atoms. The average molecular weight is 500 g/mol. The lowest BCUT2D eigenvalue weighted by Gasteiger charge is -2.23. The summed E-state index contributed by atoms with van der Waals surface area (Å²) in [5, 5.41) is 14.7. The SMILES string of the molecule is CSCC[C@H](NC(=O)C(CCN(C)C)NC(=O)OCC1c2ccccc2-c2ccccc21)C(=O)O. The van der Waals surface area contributed by atoms with Crippen molar-refractivity contribution < 1.29 is 24.2 Å². The quantitative estimate of drug-likeness (QED) is 0.412. The van der Waals surface area contributed by atoms with Crippen LogP contribution in [0.5, 0.6) is 0 Å². The minimum absolute atomic E-state index is 0.0925. The standard InChI is InChI=1S/C26H33N3O5S/c1-29(2)14-12-22(24(30)27-23(25(31)32)13-15-35-3)28-26(33)34-16-21-19-10-6-4-8-17(19)18-9-5-7-11-20(18)21/h4-11,21-23H,12-16H2,1-3H3,(H,27,30)(H,28,33)(H,31,32)/t22?,23-/m0/s1. The van der Waals surface area contributed by atoms with E-state index in [1.165, 1.54) is 11.8 Å². The van der Waals surface area contributed by atoms with Crippen LogP contribution in [-0.2, 0) is 14.3 Å². The molecule has 0 fully saturated rings. The van der Waals surface area contributed by atoms with Gasteiger partial charge in [-0.1, -0.05) is 48.5 Å². The largest absolute Gasteiger partial charge is 0.480 e. The van der Waals surface area contributed by atoms with Crippen molar-refractivity contribution in [2.75, 3.05) is 39.3 Å². The Hall–Kier alpha value is -3.04. The predicted octanol–water partition coefficient (Wildman–Crippen LogP) is 3.17. The topological polar surface area (TPSA) is 108 Å². The molecular formula is C26H33N3O5S. The van der Waals surface area contributed by atoms with Crippen LogP contribution >= 0.6 is 11.8 Å². The number of carboxylic acid groups (broad SMARTS) is 1. The second kappa shape index (κ2) is 12.6. The number of carbonyl (C=O) groups excluding carboxylic acids is 2. The van der Waals surface area contributed by atoms with Crippen molar-refractivity contribution in [1.29, 1.82) is 0 Å². The molecule has 0 saturated heterocycles. The summed E-state index contributed by atoms with van der Waals surface area (Å²) >= 11 is 1.51. The zero-order valence-electron chi connectivity index (χ0n) is 20.3. The van der Waals surface area contributed by atoms with Crippen molar-refractivity contribution in [2.45, 2.75) is 30.8 Å². The van der Waals surface area contributed by atoms with Crippen LogP contribution in [0.2, 0.25) is 0 Å². The number of ether oxygens (including phenoxy) is 1. The Labute approximate surface area is 210 Å². The summed E-state index contributed by atoms with van der Waals surface area (Å²) in [4.78, 5) is 39.1. The number of thioether (sulfide) groups is 1. The van der Waals surface area contributed by atoms with Gasteiger partial charge in [0, 0.05) is 5.92 Å². The van der Waals surface area contributed by atoms with E-state index in [4.69, 9.17) is 4.74 Å². The first-order chi connectivity index (χ1) is 16.8. The number of nitrogens with zero attached hydrogens (tertiary/aromatic N) is 1. The molecule has 0 bridgehead atoms. The molecule has 0 radical (unpaired) electrons. The highest BCUT2D eigenvalue weighted by atomic mass is 32.2. The number of fused-ring (bicyclic) bond motifs is 3. The first-order valence-corrected chi connectivity index (χ1v) is 13.0. The zero-order chi connectivity index (χ0) is 25.4. The van der Waals surface area contributed by atoms with Crippen LogP contribution in [0.15, 0.2) is 48.5 Å². The lowest BCUT2D eigenvalue weighted by atomic mass is 9.98. The lowest BCUT2D eigenvalue weighted by Crippen LogP contribution is -2.52. The molecular weight excluding hydrogens is 466 g/mol. The Morgan fingerprint density at radius 3 is 2.11 bits per heavy atom. The Kier molecular flexibility index (Phi) is 9.56. The minimum atomic E-state index is -1.10. The summed E-state index contributed by atoms with van der Waals surface area (Å²) in [5.41, 5.74) is 4.46. The Morgan fingerprint density at radius 2 is 1.57 bits per heavy atom. The fourth-order valence-electron chi connectivity index (χ4n) is 4.20. The maximum Gasteiger partial charge on any atom is 0.407 e. The summed E-state index contributed by atoms with van der Waals surface area (Å²) in [6.07, 6.45) is 1.78. The Bertz CT molecular complexity index is 1000. The van der Waals surface area contributed by atoms with Gasteiger partial charge in [0.05, 0.1) is 0 Å². The van der Waals surface area contributed by atoms with Gasteiger partial charge in [0.1, 0.15) is 18.7 Å². The van der Waals surface area contributed by atoms with Crippen molar-refractivity contribution in [3.63, 3.8) is 0 Å². The molecule has 1 unspecified atom stereocenters. The Balaban J connectivity index is 1.65. The van der Waals surface area contributed by atoms with Crippen LogP contribution in [0.4, 0.5) is 4.79 Å². The van der Waals surface area contributed by atoms with E-state index in [9.17, 15) is 19.5 Å². The molecule has 0 aliphatic heterocycles. The van der Waals surface area contributed by atoms with Gasteiger partial charge in [-0.25, -0.2) is 9.59 Å². The highest BCUT2D eigenvalue weighted by Crippen LogP contribution is 2.44. The molecule has 3 N–H and O–H groups in total. The Morgan fingerprint density at radius 1 is 0.971 bits per heavy atom. The third-order valence-electron chi connectivity index (χ3n) is 6.04. The van der Waals surface area contributed by atoms with E-state index in [0.717, 1.165) is 22.3 Å². The number of amides is 2. The number of aliphatic carboxylic acids is 1. The fourth-order valence-corrected chi connectivity index (χ4v) is 4.68. The molecule has 0 saturated carbocycles. The summed E-state index contributed by atoms with van der Waals surface area (Å²) in [5.74, 6) is -1.13. The highest BCUT2D eigenvalue weighted by molar-refractivity contribution is 7.98. The molecule has 0 heterocycles. The zero-order valence-corrected chi connectivity index (χ0v) is 21.1. The van der Waals surface area contributed by atoms with Crippen molar-refractivity contribution in [1.82, 2.24) is 15.5 Å². The van der Waals surface area contributed by atoms with E-state index in [2.05, 4.69) is 22.8 Å². The van der Waals surface area contributed by atoms with Gasteiger partial charge in [-0.2, -0.15) is 11.8 Å². The first kappa shape index (κ1) is 26.6. The number of carboxylic acids is 1. The molecule has 9 heteroatoms. The molecule has 0 spiro atoms. The number of hydrogen-bond acceptors (Lipinski definition) is 6. The van der Waals surface area contributed by atoms with Gasteiger partial charge < -0.3 is 25.4 Å². The van der Waals surface area contributed by atoms with E-state index < -0.39 is 30.1 Å². The molecule has 0 aromatic heterocycles. The van der Waals surface area contributed by atoms with Crippen LogP contribution in [0.25, 0.3) is 11.1 Å². The maximum atomic E-state index is 12.9. The van der Waals surface area contributed by atoms with Gasteiger partial charge in [0.2, 0.25) is 5.91 Å². The summed E-state index contributed by atoms with van der Waals surface area (Å²) in [6.45, 7) is 0.664. The van der Waals surface area contributed by atoms with Crippen LogP contribution in [-0.4, -0.2) is 79.3 Å². The van der Waals surface area contributed by atoms with E-state index in [-0.39, 0.29) is 12.5 Å². The van der Waals surface area contributed by atoms with Crippen molar-refractivity contribution in [3.8, 4) is 11.1 Å². The number of benzene rings is 2. The summed E-state index contributed by atoms with van der Waals surface area (Å²) in [6, 6.07) is 14.2. The van der Waals surface area contributed by atoms with Gasteiger partial charge in [-0.15, -0.1) is 0 Å². The third-order valence-corrected chi connectivity index (χ3v) is 6.69. The first-order valence-electron chi connectivity index (χ1n) is 11.6. The number of alkyl carbamates (subject to hydrolysis) is 1. The van der Waals surface area contributed by atoms with Crippen LogP contribution in [0.1, 0.15) is 29.9 Å². The monoisotopic (exact) mass is 499 g/mol. The van der Waals surface area contributed by atoms with Gasteiger partial charge in [-0.3, -0.25) is 4.79 Å². The molecule has 8 nitrogen and oxygen atoms in total. The number of carbonyl (C=O) groups is 3. The van der Waals surface area contributed by atoms with Gasteiger partial charge >= 0.3 is 12.1 Å². The van der Waals surface area contributed by atoms with Gasteiger partial charge in [0.15, 0.2) is 0 Å². The van der Waals surface area contributed by atoms with Gasteiger partial charge in [0.25, 0.3) is 0 Å². The number of hydrogen-bond donors (Lipinski definition) is 3. The fraction of sp³-hybridized carbons (Fsp3) is 0.423. The second-order valence-corrected chi connectivity index (χ2v) is 9.78. The third kappa shape index (κ3) is 6.99. The predicted molar refractivity (Wildman–Crippen MR) is 138 cm³/mol. The smallest absolute Gasteiger partial charge is 0.407 e. The van der Waals surface area contributed by atoms with Crippen LogP contribution < -0.4 is 10.6 Å². The summed E-state index contributed by atoms with van der Waals surface area (Å²) < 4.78 is 5.58. The van der Waals surface area contributed by atoms with E-state index >= 15 is 0 Å². The summed E-state index contributed by atoms with van der Waals surface area (Å²) in [7, 11) is 3.72. The normalized spacial score (nSPS) is 14.1. The van der Waals surface area contributed by atoms with E-state index in [1.54, 1.807) is 0 Å². The molecule has 1 aliphatic rings. The lowest BCUT2D eigenvalue weighted by molar-refractivity contribution is -0.142. The highest BCUT2D eigenvalue weighted by Gasteiger charge is 2.30. The second-order valence-electron chi connectivity index (χ2n) is 8.80. The van der Waals surface area contributed by atoms with Crippen molar-refractivity contribution in [2.24, 2.45) is 0 Å². The van der Waals surface area contributed by atoms with Crippen molar-refractivity contribution in [3.05, 3.63) is 59.7 Å². The number of nitrogens with one attached hydrogen (secondary N) is 2. The van der Waals surface area contributed by atoms with Crippen molar-refractivity contribution >= 4 is 29.7 Å². The molecule has 2 aromatic rings. The molecule has 188 valence electrons. The molecule has 2 atom stereocenters. The maximum absolute atomic E-state index is 12.9. The molecule has 2 aromatic carbocycles. The minimum Gasteiger partial charge on any atom is -0.480 e. The average Bonchev–Trinajstić information content (AvgIpc) is 3.16. The molecule has 2 amide bonds. The van der Waals surface area contributed by atoms with Gasteiger partial charge in [-0.05, 0) is 67.7 Å². The van der Waals surface area contributed by atoms with E-state index in [0.29, 0.717) is 25.1 Å².